The fourth-order valence-corrected chi connectivity index (χ4v) is 1.69. The van der Waals surface area contributed by atoms with Crippen LogP contribution in [0.4, 0.5) is 0 Å². The van der Waals surface area contributed by atoms with E-state index in [0.717, 1.165) is 15.7 Å². The highest BCUT2D eigenvalue weighted by atomic mass is 79.9. The Labute approximate surface area is 108 Å². The van der Waals surface area contributed by atoms with E-state index in [1.807, 2.05) is 24.3 Å². The molecule has 1 aromatic heterocycles. The molecule has 0 spiro atoms. The van der Waals surface area contributed by atoms with E-state index >= 15 is 0 Å². The highest BCUT2D eigenvalue weighted by Crippen LogP contribution is 2.19. The molecule has 0 radical (unpaired) electrons. The van der Waals surface area contributed by atoms with Crippen molar-refractivity contribution < 1.29 is 9.53 Å². The first-order chi connectivity index (χ1) is 8.20. The fourth-order valence-electron chi connectivity index (χ4n) is 1.42. The van der Waals surface area contributed by atoms with Crippen LogP contribution in [0, 0.1) is 0 Å². The molecule has 0 unspecified atom stereocenters. The van der Waals surface area contributed by atoms with E-state index in [4.69, 9.17) is 0 Å². The first-order valence-electron chi connectivity index (χ1n) is 5.01. The second-order valence-corrected chi connectivity index (χ2v) is 4.35. The van der Waals surface area contributed by atoms with Gasteiger partial charge in [-0.2, -0.15) is 0 Å². The Balaban J connectivity index is 2.29. The van der Waals surface area contributed by atoms with Gasteiger partial charge in [0, 0.05) is 16.2 Å². The Morgan fingerprint density at radius 2 is 1.88 bits per heavy atom. The molecule has 1 aromatic carbocycles. The number of methoxy groups -OCH3 is 1. The first-order valence-corrected chi connectivity index (χ1v) is 5.80. The van der Waals surface area contributed by atoms with E-state index in [0.29, 0.717) is 5.56 Å². The third-order valence-corrected chi connectivity index (χ3v) is 2.85. The summed E-state index contributed by atoms with van der Waals surface area (Å²) in [6.07, 6.45) is 1.52. The molecule has 3 nitrogen and oxygen atoms in total. The number of nitrogens with zero attached hydrogens (tertiary/aromatic N) is 1. The lowest BCUT2D eigenvalue weighted by atomic mass is 10.1. The molecule has 4 heteroatoms. The number of rotatable bonds is 2. The van der Waals surface area contributed by atoms with Crippen molar-refractivity contribution in [2.75, 3.05) is 7.11 Å². The van der Waals surface area contributed by atoms with Gasteiger partial charge in [0.15, 0.2) is 0 Å². The van der Waals surface area contributed by atoms with Crippen molar-refractivity contribution in [2.24, 2.45) is 0 Å². The minimum atomic E-state index is -0.375. The molecule has 0 aliphatic rings. The number of carbonyl (C=O) groups is 1. The second-order valence-electron chi connectivity index (χ2n) is 3.43. The molecule has 86 valence electrons. The SMILES string of the molecule is COC(=O)c1ccc(-c2ccc(Br)cc2)nc1. The van der Waals surface area contributed by atoms with Crippen LogP contribution < -0.4 is 0 Å². The van der Waals surface area contributed by atoms with Crippen molar-refractivity contribution >= 4 is 21.9 Å². The third kappa shape index (κ3) is 2.71. The highest BCUT2D eigenvalue weighted by molar-refractivity contribution is 9.10. The second kappa shape index (κ2) is 5.10. The summed E-state index contributed by atoms with van der Waals surface area (Å²) in [5.41, 5.74) is 2.28. The van der Waals surface area contributed by atoms with Crippen LogP contribution in [-0.2, 0) is 4.74 Å². The number of ether oxygens (including phenoxy) is 1. The number of hydrogen-bond donors (Lipinski definition) is 0. The molecule has 0 aliphatic heterocycles. The average Bonchev–Trinajstić information content (AvgIpc) is 2.39. The number of carbonyl (C=O) groups excluding carboxylic acids is 1. The van der Waals surface area contributed by atoms with E-state index in [1.165, 1.54) is 13.3 Å². The van der Waals surface area contributed by atoms with Crippen LogP contribution in [0.15, 0.2) is 47.1 Å². The van der Waals surface area contributed by atoms with Gasteiger partial charge in [0.1, 0.15) is 0 Å². The Bertz CT molecular complexity index is 520. The summed E-state index contributed by atoms with van der Waals surface area (Å²) >= 11 is 3.38. The van der Waals surface area contributed by atoms with Crippen LogP contribution in [-0.4, -0.2) is 18.1 Å². The lowest BCUT2D eigenvalue weighted by Gasteiger charge is -2.02. The molecule has 2 aromatic rings. The molecule has 0 amide bonds. The zero-order chi connectivity index (χ0) is 12.3. The minimum absolute atomic E-state index is 0.375. The van der Waals surface area contributed by atoms with Gasteiger partial charge in [-0.1, -0.05) is 28.1 Å². The molecule has 0 atom stereocenters. The van der Waals surface area contributed by atoms with Crippen molar-refractivity contribution in [3.8, 4) is 11.3 Å². The van der Waals surface area contributed by atoms with E-state index in [1.54, 1.807) is 12.1 Å². The van der Waals surface area contributed by atoms with Crippen molar-refractivity contribution in [1.82, 2.24) is 4.98 Å². The number of halogens is 1. The quantitative estimate of drug-likeness (QED) is 0.797. The van der Waals surface area contributed by atoms with E-state index in [9.17, 15) is 4.79 Å². The number of esters is 1. The summed E-state index contributed by atoms with van der Waals surface area (Å²) in [6, 6.07) is 11.3. The molecule has 0 N–H and O–H groups in total. The molecule has 0 bridgehead atoms. The monoisotopic (exact) mass is 291 g/mol. The molecule has 1 heterocycles. The lowest BCUT2D eigenvalue weighted by Crippen LogP contribution is -2.01. The molecule has 2 rings (SSSR count). The molecule has 0 saturated heterocycles. The summed E-state index contributed by atoms with van der Waals surface area (Å²) in [5, 5.41) is 0. The Hall–Kier alpha value is -1.68. The van der Waals surface area contributed by atoms with Gasteiger partial charge in [-0.3, -0.25) is 4.98 Å². The van der Waals surface area contributed by atoms with Gasteiger partial charge < -0.3 is 4.74 Å². The molecule has 0 saturated carbocycles. The summed E-state index contributed by atoms with van der Waals surface area (Å²) in [4.78, 5) is 15.5. The average molecular weight is 292 g/mol. The smallest absolute Gasteiger partial charge is 0.339 e. The summed E-state index contributed by atoms with van der Waals surface area (Å²) in [5.74, 6) is -0.375. The Kier molecular flexibility index (Phi) is 3.54. The van der Waals surface area contributed by atoms with Gasteiger partial charge in [0.2, 0.25) is 0 Å². The number of pyridine rings is 1. The predicted octanol–water partition coefficient (Wildman–Crippen LogP) is 3.30. The summed E-state index contributed by atoms with van der Waals surface area (Å²) < 4.78 is 5.63. The fraction of sp³-hybridized carbons (Fsp3) is 0.0769. The van der Waals surface area contributed by atoms with Gasteiger partial charge in [-0.25, -0.2) is 4.79 Å². The normalized spacial score (nSPS) is 10.0. The standard InChI is InChI=1S/C13H10BrNO2/c1-17-13(16)10-4-7-12(15-8-10)9-2-5-11(14)6-3-9/h2-8H,1H3. The first kappa shape index (κ1) is 11.8. The van der Waals surface area contributed by atoms with Crippen LogP contribution in [0.1, 0.15) is 10.4 Å². The van der Waals surface area contributed by atoms with E-state index in [-0.39, 0.29) is 5.97 Å². The summed E-state index contributed by atoms with van der Waals surface area (Å²) in [6.45, 7) is 0. The van der Waals surface area contributed by atoms with Crippen molar-refractivity contribution in [2.45, 2.75) is 0 Å². The van der Waals surface area contributed by atoms with E-state index in [2.05, 4.69) is 25.7 Å². The summed E-state index contributed by atoms with van der Waals surface area (Å²) in [7, 11) is 1.35. The van der Waals surface area contributed by atoms with Crippen LogP contribution in [0.5, 0.6) is 0 Å². The maximum atomic E-state index is 11.2. The molecule has 0 fully saturated rings. The van der Waals surface area contributed by atoms with Gasteiger partial charge in [0.25, 0.3) is 0 Å². The van der Waals surface area contributed by atoms with Gasteiger partial charge in [-0.05, 0) is 24.3 Å². The number of aromatic nitrogens is 1. The van der Waals surface area contributed by atoms with Crippen LogP contribution in [0.25, 0.3) is 11.3 Å². The van der Waals surface area contributed by atoms with Crippen molar-refractivity contribution in [1.29, 1.82) is 0 Å². The lowest BCUT2D eigenvalue weighted by molar-refractivity contribution is 0.0600. The van der Waals surface area contributed by atoms with Crippen LogP contribution in [0.3, 0.4) is 0 Å². The maximum absolute atomic E-state index is 11.2. The zero-order valence-corrected chi connectivity index (χ0v) is 10.8. The van der Waals surface area contributed by atoms with Crippen LogP contribution in [0.2, 0.25) is 0 Å². The maximum Gasteiger partial charge on any atom is 0.339 e. The zero-order valence-electron chi connectivity index (χ0n) is 9.18. The molecule has 0 aliphatic carbocycles. The van der Waals surface area contributed by atoms with Crippen molar-refractivity contribution in [3.63, 3.8) is 0 Å². The Morgan fingerprint density at radius 3 is 2.41 bits per heavy atom. The van der Waals surface area contributed by atoms with Gasteiger partial charge in [-0.15, -0.1) is 0 Å². The van der Waals surface area contributed by atoms with E-state index < -0.39 is 0 Å². The number of hydrogen-bond acceptors (Lipinski definition) is 3. The largest absolute Gasteiger partial charge is 0.465 e. The molecular formula is C13H10BrNO2. The highest BCUT2D eigenvalue weighted by Gasteiger charge is 2.06. The molecule has 17 heavy (non-hydrogen) atoms. The third-order valence-electron chi connectivity index (χ3n) is 2.32. The topological polar surface area (TPSA) is 39.2 Å². The van der Waals surface area contributed by atoms with Gasteiger partial charge >= 0.3 is 5.97 Å². The van der Waals surface area contributed by atoms with Crippen molar-refractivity contribution in [3.05, 3.63) is 52.6 Å². The van der Waals surface area contributed by atoms with Crippen LogP contribution >= 0.6 is 15.9 Å². The Morgan fingerprint density at radius 1 is 1.18 bits per heavy atom. The van der Waals surface area contributed by atoms with Gasteiger partial charge in [0.05, 0.1) is 18.4 Å². The number of benzene rings is 1. The minimum Gasteiger partial charge on any atom is -0.465 e. The predicted molar refractivity (Wildman–Crippen MR) is 68.7 cm³/mol. The molecular weight excluding hydrogens is 282 g/mol.